The lowest BCUT2D eigenvalue weighted by Gasteiger charge is -2.39. The Bertz CT molecular complexity index is 512. The fourth-order valence-electron chi connectivity index (χ4n) is 2.51. The van der Waals surface area contributed by atoms with Crippen LogP contribution in [0.15, 0.2) is 18.2 Å². The van der Waals surface area contributed by atoms with E-state index in [2.05, 4.69) is 19.2 Å². The summed E-state index contributed by atoms with van der Waals surface area (Å²) >= 11 is 0. The molecule has 0 unspecified atom stereocenters. The SMILES string of the molecule is CC1(C)COC(=O)N[C@@H]1c1cccc2c1OCCO2. The molecule has 0 aromatic heterocycles. The molecule has 1 aromatic rings. The van der Waals surface area contributed by atoms with E-state index in [4.69, 9.17) is 14.2 Å². The van der Waals surface area contributed by atoms with E-state index in [-0.39, 0.29) is 11.5 Å². The van der Waals surface area contributed by atoms with Crippen LogP contribution in [0.3, 0.4) is 0 Å². The Labute approximate surface area is 111 Å². The second-order valence-corrected chi connectivity index (χ2v) is 5.51. The number of cyclic esters (lactones) is 1. The number of hydrogen-bond donors (Lipinski definition) is 1. The topological polar surface area (TPSA) is 56.8 Å². The van der Waals surface area contributed by atoms with E-state index in [0.717, 1.165) is 17.1 Å². The molecule has 1 N–H and O–H groups in total. The summed E-state index contributed by atoms with van der Waals surface area (Å²) in [4.78, 5) is 11.5. The number of amides is 1. The van der Waals surface area contributed by atoms with Gasteiger partial charge in [-0.2, -0.15) is 0 Å². The number of alkyl carbamates (subject to hydrolysis) is 1. The van der Waals surface area contributed by atoms with Crippen LogP contribution < -0.4 is 14.8 Å². The zero-order chi connectivity index (χ0) is 13.5. The zero-order valence-corrected chi connectivity index (χ0v) is 11.1. The lowest BCUT2D eigenvalue weighted by molar-refractivity contribution is 0.0371. The molecule has 3 rings (SSSR count). The van der Waals surface area contributed by atoms with Crippen LogP contribution in [-0.4, -0.2) is 25.9 Å². The van der Waals surface area contributed by atoms with Gasteiger partial charge in [0.1, 0.15) is 19.8 Å². The average Bonchev–Trinajstić information content (AvgIpc) is 2.41. The van der Waals surface area contributed by atoms with Crippen LogP contribution in [0, 0.1) is 5.41 Å². The van der Waals surface area contributed by atoms with Crippen molar-refractivity contribution in [1.82, 2.24) is 5.32 Å². The van der Waals surface area contributed by atoms with Crippen LogP contribution in [-0.2, 0) is 4.74 Å². The molecule has 2 aliphatic heterocycles. The first kappa shape index (κ1) is 12.1. The third-order valence-electron chi connectivity index (χ3n) is 3.53. The van der Waals surface area contributed by atoms with Crippen molar-refractivity contribution in [1.29, 1.82) is 0 Å². The molecule has 1 amide bonds. The lowest BCUT2D eigenvalue weighted by atomic mass is 9.80. The molecule has 19 heavy (non-hydrogen) atoms. The highest BCUT2D eigenvalue weighted by Gasteiger charge is 2.40. The number of hydrogen-bond acceptors (Lipinski definition) is 4. The fourth-order valence-corrected chi connectivity index (χ4v) is 2.51. The van der Waals surface area contributed by atoms with Gasteiger partial charge in [0.2, 0.25) is 0 Å². The summed E-state index contributed by atoms with van der Waals surface area (Å²) in [7, 11) is 0. The highest BCUT2D eigenvalue weighted by Crippen LogP contribution is 2.44. The van der Waals surface area contributed by atoms with Crippen LogP contribution in [0.25, 0.3) is 0 Å². The predicted octanol–water partition coefficient (Wildman–Crippen LogP) is 2.26. The van der Waals surface area contributed by atoms with Gasteiger partial charge in [-0.15, -0.1) is 0 Å². The van der Waals surface area contributed by atoms with Gasteiger partial charge in [-0.25, -0.2) is 4.79 Å². The van der Waals surface area contributed by atoms with Gasteiger partial charge in [-0.05, 0) is 6.07 Å². The molecule has 0 radical (unpaired) electrons. The summed E-state index contributed by atoms with van der Waals surface area (Å²) < 4.78 is 16.4. The molecule has 0 saturated carbocycles. The number of carbonyl (C=O) groups is 1. The van der Waals surface area contributed by atoms with Crippen LogP contribution in [0.5, 0.6) is 11.5 Å². The van der Waals surface area contributed by atoms with Crippen molar-refractivity contribution in [3.63, 3.8) is 0 Å². The van der Waals surface area contributed by atoms with Gasteiger partial charge in [0.15, 0.2) is 11.5 Å². The third-order valence-corrected chi connectivity index (χ3v) is 3.53. The highest BCUT2D eigenvalue weighted by atomic mass is 16.6. The molecule has 5 nitrogen and oxygen atoms in total. The van der Waals surface area contributed by atoms with Gasteiger partial charge in [-0.3, -0.25) is 0 Å². The molecule has 1 atom stereocenters. The minimum Gasteiger partial charge on any atom is -0.486 e. The molecule has 2 aliphatic rings. The Balaban J connectivity index is 2.03. The maximum atomic E-state index is 11.5. The summed E-state index contributed by atoms with van der Waals surface area (Å²) in [5.74, 6) is 1.47. The van der Waals surface area contributed by atoms with E-state index in [1.807, 2.05) is 18.2 Å². The number of para-hydroxylation sites is 1. The van der Waals surface area contributed by atoms with E-state index >= 15 is 0 Å². The van der Waals surface area contributed by atoms with Gasteiger partial charge in [0.25, 0.3) is 0 Å². The Kier molecular flexibility index (Phi) is 2.77. The smallest absolute Gasteiger partial charge is 0.407 e. The van der Waals surface area contributed by atoms with E-state index in [1.165, 1.54) is 0 Å². The van der Waals surface area contributed by atoms with Gasteiger partial charge in [-0.1, -0.05) is 26.0 Å². The van der Waals surface area contributed by atoms with Gasteiger partial charge >= 0.3 is 6.09 Å². The Morgan fingerprint density at radius 2 is 2.00 bits per heavy atom. The van der Waals surface area contributed by atoms with Crippen molar-refractivity contribution in [2.24, 2.45) is 5.41 Å². The number of rotatable bonds is 1. The van der Waals surface area contributed by atoms with Crippen molar-refractivity contribution in [3.8, 4) is 11.5 Å². The Morgan fingerprint density at radius 1 is 1.21 bits per heavy atom. The maximum absolute atomic E-state index is 11.5. The van der Waals surface area contributed by atoms with E-state index < -0.39 is 6.09 Å². The first-order valence-electron chi connectivity index (χ1n) is 6.40. The number of ether oxygens (including phenoxy) is 3. The van der Waals surface area contributed by atoms with E-state index in [9.17, 15) is 4.79 Å². The maximum Gasteiger partial charge on any atom is 0.407 e. The summed E-state index contributed by atoms with van der Waals surface area (Å²) in [5.41, 5.74) is 0.739. The van der Waals surface area contributed by atoms with E-state index in [0.29, 0.717) is 19.8 Å². The lowest BCUT2D eigenvalue weighted by Crippen LogP contribution is -2.47. The second kappa shape index (κ2) is 4.33. The van der Waals surface area contributed by atoms with Crippen molar-refractivity contribution >= 4 is 6.09 Å². The quantitative estimate of drug-likeness (QED) is 0.844. The van der Waals surface area contributed by atoms with Crippen LogP contribution in [0.1, 0.15) is 25.5 Å². The van der Waals surface area contributed by atoms with Gasteiger partial charge < -0.3 is 19.5 Å². The minimum atomic E-state index is -0.390. The second-order valence-electron chi connectivity index (χ2n) is 5.51. The molecular weight excluding hydrogens is 246 g/mol. The van der Waals surface area contributed by atoms with Crippen molar-refractivity contribution in [2.75, 3.05) is 19.8 Å². The van der Waals surface area contributed by atoms with Crippen LogP contribution in [0.2, 0.25) is 0 Å². The summed E-state index contributed by atoms with van der Waals surface area (Å²) in [6, 6.07) is 5.61. The third kappa shape index (κ3) is 2.09. The fraction of sp³-hybridized carbons (Fsp3) is 0.500. The summed E-state index contributed by atoms with van der Waals surface area (Å²) in [6.07, 6.45) is -0.390. The molecule has 1 aromatic carbocycles. The molecular formula is C14H17NO4. The number of carbonyl (C=O) groups excluding carboxylic acids is 1. The highest BCUT2D eigenvalue weighted by molar-refractivity contribution is 5.69. The normalized spacial score (nSPS) is 24.3. The van der Waals surface area contributed by atoms with Gasteiger partial charge in [0.05, 0.1) is 6.04 Å². The number of fused-ring (bicyclic) bond motifs is 1. The number of benzene rings is 1. The van der Waals surface area contributed by atoms with Crippen molar-refractivity contribution in [2.45, 2.75) is 19.9 Å². The molecule has 1 saturated heterocycles. The van der Waals surface area contributed by atoms with Crippen LogP contribution in [0.4, 0.5) is 4.79 Å². The summed E-state index contributed by atoms with van der Waals surface area (Å²) in [6.45, 7) is 5.58. The first-order valence-corrected chi connectivity index (χ1v) is 6.40. The largest absolute Gasteiger partial charge is 0.486 e. The molecule has 2 heterocycles. The first-order chi connectivity index (χ1) is 9.08. The summed E-state index contributed by atoms with van der Waals surface area (Å²) in [5, 5.41) is 2.88. The molecule has 1 fully saturated rings. The van der Waals surface area contributed by atoms with Gasteiger partial charge in [0, 0.05) is 11.0 Å². The Hall–Kier alpha value is -1.91. The monoisotopic (exact) mass is 263 g/mol. The average molecular weight is 263 g/mol. The molecule has 0 aliphatic carbocycles. The molecule has 5 heteroatoms. The molecule has 102 valence electrons. The molecule has 0 bridgehead atoms. The predicted molar refractivity (Wildman–Crippen MR) is 68.4 cm³/mol. The van der Waals surface area contributed by atoms with E-state index in [1.54, 1.807) is 0 Å². The van der Waals surface area contributed by atoms with Crippen LogP contribution >= 0.6 is 0 Å². The number of nitrogens with one attached hydrogen (secondary N) is 1. The van der Waals surface area contributed by atoms with Crippen molar-refractivity contribution in [3.05, 3.63) is 23.8 Å². The zero-order valence-electron chi connectivity index (χ0n) is 11.1. The molecule has 0 spiro atoms. The Morgan fingerprint density at radius 3 is 2.84 bits per heavy atom. The standard InChI is InChI=1S/C14H17NO4/c1-14(2)8-19-13(16)15-12(14)9-4-3-5-10-11(9)18-7-6-17-10/h3-5,12H,6-8H2,1-2H3,(H,15,16)/t12-/m1/s1. The minimum absolute atomic E-state index is 0.148. The van der Waals surface area contributed by atoms with Crippen molar-refractivity contribution < 1.29 is 19.0 Å².